The largest absolute Gasteiger partial charge is 0.488 e. The maximum absolute atomic E-state index is 12.1. The van der Waals surface area contributed by atoms with Crippen molar-refractivity contribution in [1.82, 2.24) is 20.7 Å². The molecule has 0 radical (unpaired) electrons. The number of carboxylic acids is 1. The summed E-state index contributed by atoms with van der Waals surface area (Å²) in [6.45, 7) is 0.843. The molecule has 1 amide bonds. The van der Waals surface area contributed by atoms with E-state index in [1.54, 1.807) is 12.1 Å². The number of aromatic carboxylic acids is 1. The van der Waals surface area contributed by atoms with Crippen LogP contribution in [0.25, 0.3) is 0 Å². The lowest BCUT2D eigenvalue weighted by Crippen LogP contribution is -2.51. The van der Waals surface area contributed by atoms with Crippen molar-refractivity contribution in [2.75, 3.05) is 13.2 Å². The Morgan fingerprint density at radius 2 is 2.12 bits per heavy atom. The molecule has 1 aromatic heterocycles. The van der Waals surface area contributed by atoms with E-state index in [-0.39, 0.29) is 29.3 Å². The zero-order valence-corrected chi connectivity index (χ0v) is 12.6. The summed E-state index contributed by atoms with van der Waals surface area (Å²) in [4.78, 5) is 23.0. The van der Waals surface area contributed by atoms with Crippen LogP contribution in [0.4, 0.5) is 0 Å². The van der Waals surface area contributed by atoms with Gasteiger partial charge in [0.15, 0.2) is 5.69 Å². The molecule has 1 saturated heterocycles. The first-order valence-corrected chi connectivity index (χ1v) is 7.38. The highest BCUT2D eigenvalue weighted by atomic mass is 16.5. The number of rotatable bonds is 5. The van der Waals surface area contributed by atoms with Crippen LogP contribution in [0.15, 0.2) is 30.5 Å². The third-order valence-corrected chi connectivity index (χ3v) is 3.65. The average Bonchev–Trinajstić information content (AvgIpc) is 3.12. The highest BCUT2D eigenvalue weighted by Gasteiger charge is 2.29. The van der Waals surface area contributed by atoms with E-state index in [9.17, 15) is 9.59 Å². The van der Waals surface area contributed by atoms with Gasteiger partial charge in [-0.3, -0.25) is 4.79 Å². The summed E-state index contributed by atoms with van der Waals surface area (Å²) in [6, 6.07) is 5.78. The zero-order valence-electron chi connectivity index (χ0n) is 12.6. The average molecular weight is 332 g/mol. The van der Waals surface area contributed by atoms with Crippen LogP contribution in [0.3, 0.4) is 0 Å². The van der Waals surface area contributed by atoms with Gasteiger partial charge < -0.3 is 19.9 Å². The standard InChI is InChI=1S/C15H16N4O5/c20-14(11-7-16-19-18-11)17-12-8-23-6-5-13(12)24-10-3-1-9(2-4-10)15(21)22/h1-4,7,12-13H,5-6,8H2,(H,17,20)(H,21,22)(H,16,18,19)/t12-,13-/m1/s1. The molecule has 1 aromatic carbocycles. The number of aromatic nitrogens is 3. The predicted molar refractivity (Wildman–Crippen MR) is 80.9 cm³/mol. The first-order chi connectivity index (χ1) is 11.6. The minimum atomic E-state index is -0.995. The normalized spacial score (nSPS) is 20.3. The molecule has 2 atom stereocenters. The van der Waals surface area contributed by atoms with Gasteiger partial charge in [-0.05, 0) is 24.3 Å². The monoisotopic (exact) mass is 332 g/mol. The summed E-state index contributed by atoms with van der Waals surface area (Å²) in [7, 11) is 0. The maximum atomic E-state index is 12.1. The summed E-state index contributed by atoms with van der Waals surface area (Å²) in [5.74, 6) is -0.827. The van der Waals surface area contributed by atoms with E-state index in [0.29, 0.717) is 25.4 Å². The van der Waals surface area contributed by atoms with Crippen molar-refractivity contribution >= 4 is 11.9 Å². The molecule has 1 aliphatic heterocycles. The lowest BCUT2D eigenvalue weighted by molar-refractivity contribution is -0.00295. The molecule has 0 aliphatic carbocycles. The number of carboxylic acid groups (broad SMARTS) is 1. The summed E-state index contributed by atoms with van der Waals surface area (Å²) in [5, 5.41) is 21.4. The molecule has 0 unspecified atom stereocenters. The quantitative estimate of drug-likeness (QED) is 0.726. The smallest absolute Gasteiger partial charge is 0.335 e. The summed E-state index contributed by atoms with van der Waals surface area (Å²) < 4.78 is 11.3. The van der Waals surface area contributed by atoms with Crippen molar-refractivity contribution in [3.05, 3.63) is 41.7 Å². The number of H-pyrrole nitrogens is 1. The Morgan fingerprint density at radius 1 is 1.33 bits per heavy atom. The van der Waals surface area contributed by atoms with Crippen molar-refractivity contribution in [2.24, 2.45) is 0 Å². The minimum absolute atomic E-state index is 0.185. The van der Waals surface area contributed by atoms with Gasteiger partial charge in [-0.15, -0.1) is 0 Å². The molecule has 0 bridgehead atoms. The lowest BCUT2D eigenvalue weighted by Gasteiger charge is -2.32. The number of nitrogens with one attached hydrogen (secondary N) is 2. The van der Waals surface area contributed by atoms with E-state index in [0.717, 1.165) is 0 Å². The summed E-state index contributed by atoms with van der Waals surface area (Å²) in [6.07, 6.45) is 1.65. The minimum Gasteiger partial charge on any atom is -0.488 e. The molecule has 3 rings (SSSR count). The van der Waals surface area contributed by atoms with Crippen LogP contribution in [0.1, 0.15) is 27.3 Å². The van der Waals surface area contributed by atoms with Gasteiger partial charge in [0, 0.05) is 6.42 Å². The van der Waals surface area contributed by atoms with Crippen LogP contribution in [-0.2, 0) is 4.74 Å². The summed E-state index contributed by atoms with van der Waals surface area (Å²) >= 11 is 0. The van der Waals surface area contributed by atoms with Crippen LogP contribution in [0, 0.1) is 0 Å². The van der Waals surface area contributed by atoms with Gasteiger partial charge in [0.05, 0.1) is 31.0 Å². The van der Waals surface area contributed by atoms with Crippen molar-refractivity contribution in [1.29, 1.82) is 0 Å². The number of amides is 1. The first-order valence-electron chi connectivity index (χ1n) is 7.38. The Balaban J connectivity index is 1.65. The highest BCUT2D eigenvalue weighted by molar-refractivity contribution is 5.92. The van der Waals surface area contributed by atoms with Gasteiger partial charge in [-0.2, -0.15) is 15.4 Å². The van der Waals surface area contributed by atoms with Crippen LogP contribution in [0.2, 0.25) is 0 Å². The molecule has 9 heteroatoms. The van der Waals surface area contributed by atoms with E-state index >= 15 is 0 Å². The molecule has 24 heavy (non-hydrogen) atoms. The molecular weight excluding hydrogens is 316 g/mol. The number of hydrogen-bond acceptors (Lipinski definition) is 6. The third kappa shape index (κ3) is 3.69. The highest BCUT2D eigenvalue weighted by Crippen LogP contribution is 2.19. The van der Waals surface area contributed by atoms with Gasteiger partial charge >= 0.3 is 5.97 Å². The SMILES string of the molecule is O=C(O)c1ccc(O[C@@H]2CCOC[C@H]2NC(=O)c2cn[nH]n2)cc1. The fourth-order valence-corrected chi connectivity index (χ4v) is 2.40. The Bertz CT molecular complexity index is 701. The molecule has 2 aromatic rings. The fourth-order valence-electron chi connectivity index (χ4n) is 2.40. The number of nitrogens with zero attached hydrogens (tertiary/aromatic N) is 2. The molecular formula is C15H16N4O5. The number of ether oxygens (including phenoxy) is 2. The zero-order chi connectivity index (χ0) is 16.9. The molecule has 0 saturated carbocycles. The molecule has 3 N–H and O–H groups in total. The van der Waals surface area contributed by atoms with Gasteiger partial charge in [0.1, 0.15) is 11.9 Å². The number of carbonyl (C=O) groups excluding carboxylic acids is 1. The number of carbonyl (C=O) groups is 2. The molecule has 126 valence electrons. The second-order valence-electron chi connectivity index (χ2n) is 5.28. The number of hydrogen-bond donors (Lipinski definition) is 3. The Labute approximate surface area is 137 Å². The van der Waals surface area contributed by atoms with E-state index in [2.05, 4.69) is 20.7 Å². The third-order valence-electron chi connectivity index (χ3n) is 3.65. The van der Waals surface area contributed by atoms with Crippen molar-refractivity contribution in [2.45, 2.75) is 18.6 Å². The van der Waals surface area contributed by atoms with Crippen LogP contribution in [0.5, 0.6) is 5.75 Å². The molecule has 0 spiro atoms. The maximum Gasteiger partial charge on any atom is 0.335 e. The van der Waals surface area contributed by atoms with Crippen LogP contribution in [-0.4, -0.2) is 57.8 Å². The van der Waals surface area contributed by atoms with Crippen LogP contribution >= 0.6 is 0 Å². The number of benzene rings is 1. The van der Waals surface area contributed by atoms with E-state index in [1.807, 2.05) is 0 Å². The second kappa shape index (κ2) is 7.09. The lowest BCUT2D eigenvalue weighted by atomic mass is 10.1. The van der Waals surface area contributed by atoms with E-state index < -0.39 is 5.97 Å². The van der Waals surface area contributed by atoms with E-state index in [4.69, 9.17) is 14.6 Å². The first kappa shape index (κ1) is 15.9. The second-order valence-corrected chi connectivity index (χ2v) is 5.28. The molecule has 1 fully saturated rings. The predicted octanol–water partition coefficient (Wildman–Crippen LogP) is 0.469. The van der Waals surface area contributed by atoms with Crippen molar-refractivity contribution < 1.29 is 24.2 Å². The van der Waals surface area contributed by atoms with Crippen molar-refractivity contribution in [3.8, 4) is 5.75 Å². The molecule has 2 heterocycles. The van der Waals surface area contributed by atoms with Gasteiger partial charge in [-0.1, -0.05) is 0 Å². The Morgan fingerprint density at radius 3 is 2.79 bits per heavy atom. The number of aromatic amines is 1. The Hall–Kier alpha value is -2.94. The molecule has 9 nitrogen and oxygen atoms in total. The topological polar surface area (TPSA) is 126 Å². The van der Waals surface area contributed by atoms with Crippen molar-refractivity contribution in [3.63, 3.8) is 0 Å². The Kier molecular flexibility index (Phi) is 4.71. The summed E-state index contributed by atoms with van der Waals surface area (Å²) in [5.41, 5.74) is 0.371. The van der Waals surface area contributed by atoms with Gasteiger partial charge in [0.2, 0.25) is 0 Å². The van der Waals surface area contributed by atoms with Gasteiger partial charge in [0.25, 0.3) is 5.91 Å². The molecule has 1 aliphatic rings. The van der Waals surface area contributed by atoms with E-state index in [1.165, 1.54) is 18.3 Å². The van der Waals surface area contributed by atoms with Crippen LogP contribution < -0.4 is 10.1 Å². The fraction of sp³-hybridized carbons (Fsp3) is 0.333. The van der Waals surface area contributed by atoms with Gasteiger partial charge in [-0.25, -0.2) is 4.79 Å².